The Hall–Kier alpha value is -2.21. The third kappa shape index (κ3) is 5.16. The lowest BCUT2D eigenvalue weighted by atomic mass is 10.2. The maximum atomic E-state index is 6.34. The van der Waals surface area contributed by atoms with Crippen molar-refractivity contribution < 1.29 is 9.15 Å². The lowest BCUT2D eigenvalue weighted by molar-refractivity contribution is 0.360. The first-order chi connectivity index (χ1) is 13.1. The molecule has 0 atom stereocenters. The fourth-order valence-electron chi connectivity index (χ4n) is 2.54. The quantitative estimate of drug-likeness (QED) is 0.495. The minimum atomic E-state index is 0.446. The average Bonchev–Trinajstić information content (AvgIpc) is 3.17. The van der Waals surface area contributed by atoms with E-state index >= 15 is 0 Å². The van der Waals surface area contributed by atoms with Crippen LogP contribution in [-0.2, 0) is 13.1 Å². The van der Waals surface area contributed by atoms with Crippen molar-refractivity contribution in [2.45, 2.75) is 13.1 Å². The van der Waals surface area contributed by atoms with Crippen LogP contribution in [0.2, 0.25) is 10.0 Å². The SMILES string of the molecule is COc1ccc(NC(=S)N(Cc2ccco2)Cc2c(Cl)cccc2Cl)cc1. The highest BCUT2D eigenvalue weighted by molar-refractivity contribution is 7.80. The Morgan fingerprint density at radius 1 is 1.04 bits per heavy atom. The summed E-state index contributed by atoms with van der Waals surface area (Å²) in [6.07, 6.45) is 1.63. The third-order valence-electron chi connectivity index (χ3n) is 3.97. The molecule has 7 heteroatoms. The molecule has 0 amide bonds. The minimum Gasteiger partial charge on any atom is -0.497 e. The number of furan rings is 1. The zero-order chi connectivity index (χ0) is 19.2. The second kappa shape index (κ2) is 9.13. The maximum Gasteiger partial charge on any atom is 0.174 e. The van der Waals surface area contributed by atoms with Gasteiger partial charge in [0.25, 0.3) is 0 Å². The van der Waals surface area contributed by atoms with Crippen LogP contribution < -0.4 is 10.1 Å². The standard InChI is InChI=1S/C20H18Cl2N2O2S/c1-25-15-9-7-14(8-10-15)23-20(27)24(12-16-4-3-11-26-16)13-17-18(21)5-2-6-19(17)22/h2-11H,12-13H2,1H3,(H,23,27). The normalized spacial score (nSPS) is 10.5. The van der Waals surface area contributed by atoms with Crippen LogP contribution in [0.3, 0.4) is 0 Å². The van der Waals surface area contributed by atoms with E-state index in [1.807, 2.05) is 59.5 Å². The van der Waals surface area contributed by atoms with Crippen LogP contribution in [0.5, 0.6) is 5.75 Å². The van der Waals surface area contributed by atoms with E-state index in [4.69, 9.17) is 44.6 Å². The summed E-state index contributed by atoms with van der Waals surface area (Å²) in [4.78, 5) is 1.95. The Morgan fingerprint density at radius 3 is 2.33 bits per heavy atom. The van der Waals surface area contributed by atoms with Crippen molar-refractivity contribution in [1.29, 1.82) is 0 Å². The molecule has 0 saturated carbocycles. The molecule has 0 saturated heterocycles. The van der Waals surface area contributed by atoms with Crippen LogP contribution in [0.1, 0.15) is 11.3 Å². The second-order valence-corrected chi connectivity index (χ2v) is 7.00. The number of ether oxygens (including phenoxy) is 1. The highest BCUT2D eigenvalue weighted by atomic mass is 35.5. The summed E-state index contributed by atoms with van der Waals surface area (Å²) in [5, 5.41) is 4.97. The molecule has 0 bridgehead atoms. The molecule has 0 aliphatic heterocycles. The number of methoxy groups -OCH3 is 1. The van der Waals surface area contributed by atoms with Crippen LogP contribution in [0, 0.1) is 0 Å². The minimum absolute atomic E-state index is 0.446. The molecular weight excluding hydrogens is 403 g/mol. The highest BCUT2D eigenvalue weighted by Crippen LogP contribution is 2.27. The van der Waals surface area contributed by atoms with Gasteiger partial charge in [0.05, 0.1) is 19.9 Å². The molecule has 0 aliphatic carbocycles. The van der Waals surface area contributed by atoms with Gasteiger partial charge in [-0.3, -0.25) is 0 Å². The topological polar surface area (TPSA) is 37.6 Å². The predicted molar refractivity (Wildman–Crippen MR) is 114 cm³/mol. The summed E-state index contributed by atoms with van der Waals surface area (Å²) in [5.41, 5.74) is 1.67. The third-order valence-corrected chi connectivity index (χ3v) is 5.03. The van der Waals surface area contributed by atoms with E-state index in [1.54, 1.807) is 13.4 Å². The summed E-state index contributed by atoms with van der Waals surface area (Å²) < 4.78 is 10.7. The van der Waals surface area contributed by atoms with Gasteiger partial charge in [0, 0.05) is 27.8 Å². The summed E-state index contributed by atoms with van der Waals surface area (Å²) in [6, 6.07) is 16.7. The first kappa shape index (κ1) is 19.5. The van der Waals surface area contributed by atoms with E-state index in [0.717, 1.165) is 22.8 Å². The summed E-state index contributed by atoms with van der Waals surface area (Å²) in [5.74, 6) is 1.57. The monoisotopic (exact) mass is 420 g/mol. The van der Waals surface area contributed by atoms with E-state index in [2.05, 4.69) is 5.32 Å². The van der Waals surface area contributed by atoms with Crippen LogP contribution >= 0.6 is 35.4 Å². The zero-order valence-electron chi connectivity index (χ0n) is 14.6. The lowest BCUT2D eigenvalue weighted by Crippen LogP contribution is -2.33. The van der Waals surface area contributed by atoms with Crippen molar-refractivity contribution in [2.24, 2.45) is 0 Å². The summed E-state index contributed by atoms with van der Waals surface area (Å²) in [7, 11) is 1.63. The molecule has 1 aromatic heterocycles. The fraction of sp³-hybridized carbons (Fsp3) is 0.150. The van der Waals surface area contributed by atoms with E-state index < -0.39 is 0 Å². The molecule has 1 N–H and O–H groups in total. The number of hydrogen-bond donors (Lipinski definition) is 1. The molecule has 3 aromatic rings. The molecule has 27 heavy (non-hydrogen) atoms. The highest BCUT2D eigenvalue weighted by Gasteiger charge is 2.16. The molecule has 0 aliphatic rings. The van der Waals surface area contributed by atoms with Gasteiger partial charge in [-0.1, -0.05) is 29.3 Å². The number of hydrogen-bond acceptors (Lipinski definition) is 3. The molecule has 0 fully saturated rings. The van der Waals surface area contributed by atoms with Gasteiger partial charge in [-0.05, 0) is 60.7 Å². The summed E-state index contributed by atoms with van der Waals surface area (Å²) >= 11 is 18.3. The van der Waals surface area contributed by atoms with Gasteiger partial charge < -0.3 is 19.4 Å². The number of benzene rings is 2. The van der Waals surface area contributed by atoms with Gasteiger partial charge in [0.15, 0.2) is 5.11 Å². The number of halogens is 2. The largest absolute Gasteiger partial charge is 0.497 e. The Bertz CT molecular complexity index is 879. The molecule has 140 valence electrons. The maximum absolute atomic E-state index is 6.34. The average molecular weight is 421 g/mol. The first-order valence-electron chi connectivity index (χ1n) is 8.22. The molecule has 1 heterocycles. The zero-order valence-corrected chi connectivity index (χ0v) is 16.9. The fourth-order valence-corrected chi connectivity index (χ4v) is 3.31. The molecular formula is C20H18Cl2N2O2S. The van der Waals surface area contributed by atoms with Gasteiger partial charge in [-0.2, -0.15) is 0 Å². The second-order valence-electron chi connectivity index (χ2n) is 5.79. The Labute approximate surface area is 173 Å². The van der Waals surface area contributed by atoms with Crippen molar-refractivity contribution in [1.82, 2.24) is 4.90 Å². The molecule has 2 aromatic carbocycles. The Morgan fingerprint density at radius 2 is 1.74 bits per heavy atom. The lowest BCUT2D eigenvalue weighted by Gasteiger charge is -2.26. The van der Waals surface area contributed by atoms with Gasteiger partial charge in [-0.25, -0.2) is 0 Å². The molecule has 3 rings (SSSR count). The Kier molecular flexibility index (Phi) is 6.61. The van der Waals surface area contributed by atoms with E-state index in [-0.39, 0.29) is 0 Å². The molecule has 0 unspecified atom stereocenters. The van der Waals surface area contributed by atoms with Crippen LogP contribution in [0.25, 0.3) is 0 Å². The number of thiocarbonyl (C=S) groups is 1. The summed E-state index contributed by atoms with van der Waals surface area (Å²) in [6.45, 7) is 0.928. The van der Waals surface area contributed by atoms with Crippen LogP contribution in [0.15, 0.2) is 65.3 Å². The Balaban J connectivity index is 1.81. The predicted octanol–water partition coefficient (Wildman–Crippen LogP) is 5.99. The number of nitrogens with one attached hydrogen (secondary N) is 1. The van der Waals surface area contributed by atoms with Gasteiger partial charge >= 0.3 is 0 Å². The van der Waals surface area contributed by atoms with Crippen molar-refractivity contribution in [3.05, 3.63) is 82.2 Å². The van der Waals surface area contributed by atoms with Gasteiger partial charge in [-0.15, -0.1) is 0 Å². The van der Waals surface area contributed by atoms with Crippen molar-refractivity contribution in [3.63, 3.8) is 0 Å². The van der Waals surface area contributed by atoms with Crippen LogP contribution in [0.4, 0.5) is 5.69 Å². The molecule has 0 radical (unpaired) electrons. The van der Waals surface area contributed by atoms with Crippen molar-refractivity contribution >= 4 is 46.2 Å². The van der Waals surface area contributed by atoms with E-state index in [0.29, 0.717) is 28.2 Å². The first-order valence-corrected chi connectivity index (χ1v) is 9.38. The smallest absolute Gasteiger partial charge is 0.174 e. The van der Waals surface area contributed by atoms with Gasteiger partial charge in [0.2, 0.25) is 0 Å². The van der Waals surface area contributed by atoms with Crippen LogP contribution in [-0.4, -0.2) is 17.1 Å². The molecule has 0 spiro atoms. The van der Waals surface area contributed by atoms with Crippen molar-refractivity contribution in [2.75, 3.05) is 12.4 Å². The number of nitrogens with zero attached hydrogens (tertiary/aromatic N) is 1. The number of anilines is 1. The van der Waals surface area contributed by atoms with E-state index in [9.17, 15) is 0 Å². The number of rotatable bonds is 6. The van der Waals surface area contributed by atoms with Crippen molar-refractivity contribution in [3.8, 4) is 5.75 Å². The van der Waals surface area contributed by atoms with Gasteiger partial charge in [0.1, 0.15) is 11.5 Å². The van der Waals surface area contributed by atoms with E-state index in [1.165, 1.54) is 0 Å². The molecule has 4 nitrogen and oxygen atoms in total.